The Labute approximate surface area is 129 Å². The van der Waals surface area contributed by atoms with Crippen LogP contribution in [-0.4, -0.2) is 42.1 Å². The van der Waals surface area contributed by atoms with E-state index in [1.165, 1.54) is 17.7 Å². The molecule has 3 nitrogen and oxygen atoms in total. The number of rotatable bonds is 6. The first-order valence-corrected chi connectivity index (χ1v) is 9.20. The third-order valence-electron chi connectivity index (χ3n) is 3.73. The standard InChI is InChI=1S/C15H23NO2S2/c1-12(14-7-5-9-20-14)16(2)15(17)11-19-10-13-6-3-4-8-18-13/h5,7,9,12-13H,3-4,6,8,10-11H2,1-2H3/t12-,13-/m1/s1. The molecule has 5 heteroatoms. The van der Waals surface area contributed by atoms with Crippen LogP contribution in [0.3, 0.4) is 0 Å². The smallest absolute Gasteiger partial charge is 0.232 e. The van der Waals surface area contributed by atoms with E-state index in [0.717, 1.165) is 18.8 Å². The summed E-state index contributed by atoms with van der Waals surface area (Å²) >= 11 is 3.40. The van der Waals surface area contributed by atoms with Crippen molar-refractivity contribution in [2.75, 3.05) is 25.2 Å². The van der Waals surface area contributed by atoms with E-state index in [9.17, 15) is 4.79 Å². The van der Waals surface area contributed by atoms with Crippen LogP contribution in [-0.2, 0) is 9.53 Å². The zero-order chi connectivity index (χ0) is 14.4. The normalized spacial score (nSPS) is 20.6. The Kier molecular flexibility index (Phi) is 6.39. The van der Waals surface area contributed by atoms with Crippen molar-refractivity contribution in [1.82, 2.24) is 4.90 Å². The van der Waals surface area contributed by atoms with Gasteiger partial charge in [0.05, 0.1) is 17.9 Å². The quantitative estimate of drug-likeness (QED) is 0.804. The predicted molar refractivity (Wildman–Crippen MR) is 86.4 cm³/mol. The summed E-state index contributed by atoms with van der Waals surface area (Å²) in [7, 11) is 1.89. The monoisotopic (exact) mass is 313 g/mol. The molecule has 0 saturated carbocycles. The third kappa shape index (κ3) is 4.50. The third-order valence-corrected chi connectivity index (χ3v) is 5.83. The van der Waals surface area contributed by atoms with Crippen LogP contribution in [0.25, 0.3) is 0 Å². The number of thioether (sulfide) groups is 1. The number of amides is 1. The Morgan fingerprint density at radius 2 is 2.45 bits per heavy atom. The van der Waals surface area contributed by atoms with E-state index in [0.29, 0.717) is 11.9 Å². The second kappa shape index (κ2) is 8.05. The first-order valence-electron chi connectivity index (χ1n) is 7.17. The Morgan fingerprint density at radius 3 is 3.10 bits per heavy atom. The Balaban J connectivity index is 1.71. The Hall–Kier alpha value is -0.520. The van der Waals surface area contributed by atoms with Crippen molar-refractivity contribution in [1.29, 1.82) is 0 Å². The van der Waals surface area contributed by atoms with E-state index in [1.807, 2.05) is 18.0 Å². The van der Waals surface area contributed by atoms with Gasteiger partial charge in [-0.05, 0) is 37.6 Å². The fraction of sp³-hybridized carbons (Fsp3) is 0.667. The number of carbonyl (C=O) groups excluding carboxylic acids is 1. The molecule has 112 valence electrons. The summed E-state index contributed by atoms with van der Waals surface area (Å²) in [6.45, 7) is 2.97. The molecule has 1 aromatic heterocycles. The van der Waals surface area contributed by atoms with Gasteiger partial charge < -0.3 is 9.64 Å². The van der Waals surface area contributed by atoms with Crippen LogP contribution in [0.4, 0.5) is 0 Å². The van der Waals surface area contributed by atoms with Crippen LogP contribution >= 0.6 is 23.1 Å². The summed E-state index contributed by atoms with van der Waals surface area (Å²) in [6.07, 6.45) is 3.93. The molecule has 2 heterocycles. The molecule has 2 atom stereocenters. The van der Waals surface area contributed by atoms with Crippen molar-refractivity contribution in [3.05, 3.63) is 22.4 Å². The van der Waals surface area contributed by atoms with Crippen molar-refractivity contribution in [3.63, 3.8) is 0 Å². The number of hydrogen-bond donors (Lipinski definition) is 0. The highest BCUT2D eigenvalue weighted by Gasteiger charge is 2.19. The second-order valence-electron chi connectivity index (χ2n) is 5.20. The summed E-state index contributed by atoms with van der Waals surface area (Å²) in [5, 5.41) is 2.05. The van der Waals surface area contributed by atoms with Gasteiger partial charge in [0.2, 0.25) is 5.91 Å². The molecule has 0 unspecified atom stereocenters. The largest absolute Gasteiger partial charge is 0.377 e. The lowest BCUT2D eigenvalue weighted by molar-refractivity contribution is -0.128. The second-order valence-corrected chi connectivity index (χ2v) is 7.21. The zero-order valence-electron chi connectivity index (χ0n) is 12.2. The van der Waals surface area contributed by atoms with Crippen LogP contribution in [0.15, 0.2) is 17.5 Å². The molecule has 20 heavy (non-hydrogen) atoms. The molecule has 1 aromatic rings. The topological polar surface area (TPSA) is 29.5 Å². The van der Waals surface area contributed by atoms with Gasteiger partial charge in [0.1, 0.15) is 0 Å². The molecular weight excluding hydrogens is 290 g/mol. The minimum atomic E-state index is 0.161. The molecule has 1 fully saturated rings. The highest BCUT2D eigenvalue weighted by molar-refractivity contribution is 7.99. The van der Waals surface area contributed by atoms with Gasteiger partial charge in [-0.3, -0.25) is 4.79 Å². The zero-order valence-corrected chi connectivity index (χ0v) is 13.8. The minimum Gasteiger partial charge on any atom is -0.377 e. The highest BCUT2D eigenvalue weighted by Crippen LogP contribution is 2.24. The van der Waals surface area contributed by atoms with Gasteiger partial charge in [-0.25, -0.2) is 0 Å². The molecular formula is C15H23NO2S2. The van der Waals surface area contributed by atoms with Crippen molar-refractivity contribution < 1.29 is 9.53 Å². The van der Waals surface area contributed by atoms with Gasteiger partial charge in [-0.1, -0.05) is 6.07 Å². The maximum Gasteiger partial charge on any atom is 0.232 e. The molecule has 1 aliphatic rings. The van der Waals surface area contributed by atoms with E-state index in [-0.39, 0.29) is 11.9 Å². The summed E-state index contributed by atoms with van der Waals surface area (Å²) in [5.41, 5.74) is 0. The highest BCUT2D eigenvalue weighted by atomic mass is 32.2. The minimum absolute atomic E-state index is 0.161. The lowest BCUT2D eigenvalue weighted by Crippen LogP contribution is -2.31. The fourth-order valence-corrected chi connectivity index (χ4v) is 4.10. The molecule has 0 N–H and O–H groups in total. The first-order chi connectivity index (χ1) is 9.68. The first kappa shape index (κ1) is 15.9. The average Bonchev–Trinajstić information content (AvgIpc) is 3.01. The summed E-state index contributed by atoms with van der Waals surface area (Å²) < 4.78 is 5.68. The molecule has 0 spiro atoms. The van der Waals surface area contributed by atoms with E-state index < -0.39 is 0 Å². The molecule has 1 amide bonds. The number of carbonyl (C=O) groups is 1. The number of hydrogen-bond acceptors (Lipinski definition) is 4. The van der Waals surface area contributed by atoms with Gasteiger partial charge in [-0.2, -0.15) is 0 Å². The predicted octanol–water partition coefficient (Wildman–Crippen LogP) is 3.57. The Bertz CT molecular complexity index is 402. The van der Waals surface area contributed by atoms with E-state index in [2.05, 4.69) is 18.4 Å². The maximum absolute atomic E-state index is 12.2. The summed E-state index contributed by atoms with van der Waals surface area (Å²) in [5.74, 6) is 1.69. The maximum atomic E-state index is 12.2. The van der Waals surface area contributed by atoms with Crippen molar-refractivity contribution in [2.24, 2.45) is 0 Å². The van der Waals surface area contributed by atoms with Crippen molar-refractivity contribution in [3.8, 4) is 0 Å². The molecule has 1 aliphatic heterocycles. The molecule has 0 radical (unpaired) electrons. The molecule has 0 aromatic carbocycles. The van der Waals surface area contributed by atoms with Gasteiger partial charge in [0.25, 0.3) is 0 Å². The van der Waals surface area contributed by atoms with E-state index >= 15 is 0 Å². The number of thiophene rings is 1. The van der Waals surface area contributed by atoms with Gasteiger partial charge in [0.15, 0.2) is 0 Å². The van der Waals surface area contributed by atoms with Crippen molar-refractivity contribution >= 4 is 29.0 Å². The van der Waals surface area contributed by atoms with Crippen molar-refractivity contribution in [2.45, 2.75) is 38.3 Å². The number of ether oxygens (including phenoxy) is 1. The van der Waals surface area contributed by atoms with Crippen LogP contribution in [0.1, 0.15) is 37.1 Å². The van der Waals surface area contributed by atoms with Crippen LogP contribution in [0.5, 0.6) is 0 Å². The molecule has 1 saturated heterocycles. The van der Waals surface area contributed by atoms with Crippen LogP contribution < -0.4 is 0 Å². The lowest BCUT2D eigenvalue weighted by Gasteiger charge is -2.25. The Morgan fingerprint density at radius 1 is 1.60 bits per heavy atom. The van der Waals surface area contributed by atoms with E-state index in [1.54, 1.807) is 23.1 Å². The van der Waals surface area contributed by atoms with Gasteiger partial charge in [-0.15, -0.1) is 23.1 Å². The summed E-state index contributed by atoms with van der Waals surface area (Å²) in [4.78, 5) is 15.3. The summed E-state index contributed by atoms with van der Waals surface area (Å²) in [6, 6.07) is 4.28. The average molecular weight is 313 g/mol. The number of nitrogens with zero attached hydrogens (tertiary/aromatic N) is 1. The van der Waals surface area contributed by atoms with Crippen LogP contribution in [0, 0.1) is 0 Å². The van der Waals surface area contributed by atoms with Crippen LogP contribution in [0.2, 0.25) is 0 Å². The SMILES string of the molecule is C[C@H](c1cccs1)N(C)C(=O)CSC[C@H]1CCCCO1. The van der Waals surface area contributed by atoms with Gasteiger partial charge >= 0.3 is 0 Å². The van der Waals surface area contributed by atoms with Gasteiger partial charge in [0, 0.05) is 24.3 Å². The molecule has 2 rings (SSSR count). The fourth-order valence-electron chi connectivity index (χ4n) is 2.25. The lowest BCUT2D eigenvalue weighted by atomic mass is 10.1. The van der Waals surface area contributed by atoms with E-state index in [4.69, 9.17) is 4.74 Å². The molecule has 0 aliphatic carbocycles. The molecule has 0 bridgehead atoms.